The number of benzene rings is 1. The van der Waals surface area contributed by atoms with Crippen LogP contribution in [0.4, 0.5) is 4.39 Å². The lowest BCUT2D eigenvalue weighted by Gasteiger charge is -2.13. The lowest BCUT2D eigenvalue weighted by atomic mass is 10.1. The van der Waals surface area contributed by atoms with Crippen molar-refractivity contribution in [3.05, 3.63) is 29.6 Å². The summed E-state index contributed by atoms with van der Waals surface area (Å²) in [6.07, 6.45) is 3.80. The van der Waals surface area contributed by atoms with Gasteiger partial charge in [0.2, 0.25) is 10.0 Å². The number of carbonyl (C=O) groups is 1. The van der Waals surface area contributed by atoms with Gasteiger partial charge in [-0.2, -0.15) is 0 Å². The van der Waals surface area contributed by atoms with Crippen LogP contribution in [-0.4, -0.2) is 20.2 Å². The first-order valence-corrected chi connectivity index (χ1v) is 8.27. The zero-order valence-electron chi connectivity index (χ0n) is 11.4. The van der Waals surface area contributed by atoms with Gasteiger partial charge in [0.25, 0.3) is 0 Å². The Labute approximate surface area is 118 Å². The normalized spacial score (nSPS) is 16.5. The molecule has 1 aromatic rings. The van der Waals surface area contributed by atoms with Gasteiger partial charge >= 0.3 is 0 Å². The second-order valence-electron chi connectivity index (χ2n) is 5.02. The molecule has 0 heterocycles. The lowest BCUT2D eigenvalue weighted by Crippen LogP contribution is -2.32. The van der Waals surface area contributed by atoms with Crippen molar-refractivity contribution >= 4 is 15.8 Å². The van der Waals surface area contributed by atoms with Crippen molar-refractivity contribution in [2.75, 3.05) is 0 Å². The maximum Gasteiger partial charge on any atom is 0.240 e. The van der Waals surface area contributed by atoms with E-state index in [2.05, 4.69) is 4.72 Å². The molecule has 0 bridgehead atoms. The standard InChI is InChI=1S/C14H18FNO3S/c1-2-14(17)12-9-11(7-8-13(12)15)20(18,19)16-10-5-3-4-6-10/h7-10,16H,2-6H2,1H3. The van der Waals surface area contributed by atoms with E-state index in [0.717, 1.165) is 37.8 Å². The molecule has 6 heteroatoms. The van der Waals surface area contributed by atoms with Gasteiger partial charge in [-0.05, 0) is 31.0 Å². The van der Waals surface area contributed by atoms with Gasteiger partial charge in [-0.15, -0.1) is 0 Å². The third kappa shape index (κ3) is 3.24. The molecule has 0 atom stereocenters. The molecule has 1 aliphatic carbocycles. The number of nitrogens with one attached hydrogen (secondary N) is 1. The number of hydrogen-bond donors (Lipinski definition) is 1. The topological polar surface area (TPSA) is 63.2 Å². The number of ketones is 1. The van der Waals surface area contributed by atoms with Crippen molar-refractivity contribution in [1.82, 2.24) is 4.72 Å². The van der Waals surface area contributed by atoms with Crippen LogP contribution >= 0.6 is 0 Å². The number of halogens is 1. The Morgan fingerprint density at radius 1 is 1.35 bits per heavy atom. The fourth-order valence-electron chi connectivity index (χ4n) is 2.41. The Bertz CT molecular complexity index is 607. The molecule has 1 aromatic carbocycles. The number of hydrogen-bond acceptors (Lipinski definition) is 3. The molecule has 1 aliphatic rings. The highest BCUT2D eigenvalue weighted by Gasteiger charge is 2.24. The Morgan fingerprint density at radius 3 is 2.60 bits per heavy atom. The van der Waals surface area contributed by atoms with E-state index in [1.54, 1.807) is 6.92 Å². The van der Waals surface area contributed by atoms with Gasteiger partial charge in [-0.25, -0.2) is 17.5 Å². The van der Waals surface area contributed by atoms with E-state index < -0.39 is 21.6 Å². The van der Waals surface area contributed by atoms with Crippen molar-refractivity contribution in [2.24, 2.45) is 0 Å². The minimum atomic E-state index is -3.69. The molecule has 0 saturated heterocycles. The number of sulfonamides is 1. The molecule has 20 heavy (non-hydrogen) atoms. The minimum Gasteiger partial charge on any atom is -0.294 e. The molecule has 0 amide bonds. The van der Waals surface area contributed by atoms with Crippen molar-refractivity contribution in [2.45, 2.75) is 50.0 Å². The first-order valence-electron chi connectivity index (χ1n) is 6.79. The molecule has 0 spiro atoms. The van der Waals surface area contributed by atoms with E-state index in [4.69, 9.17) is 0 Å². The Hall–Kier alpha value is -1.27. The van der Waals surface area contributed by atoms with Crippen LogP contribution in [0.15, 0.2) is 23.1 Å². The summed E-state index contributed by atoms with van der Waals surface area (Å²) >= 11 is 0. The number of Topliss-reactive ketones (excluding diaryl/α,β-unsaturated/α-hetero) is 1. The fourth-order valence-corrected chi connectivity index (χ4v) is 3.74. The quantitative estimate of drug-likeness (QED) is 0.850. The van der Waals surface area contributed by atoms with E-state index >= 15 is 0 Å². The van der Waals surface area contributed by atoms with Crippen molar-refractivity contribution in [3.8, 4) is 0 Å². The predicted molar refractivity (Wildman–Crippen MR) is 73.6 cm³/mol. The SMILES string of the molecule is CCC(=O)c1cc(S(=O)(=O)NC2CCCC2)ccc1F. The highest BCUT2D eigenvalue weighted by molar-refractivity contribution is 7.89. The largest absolute Gasteiger partial charge is 0.294 e. The molecule has 0 aliphatic heterocycles. The van der Waals surface area contributed by atoms with Crippen LogP contribution in [0.1, 0.15) is 49.4 Å². The third-order valence-corrected chi connectivity index (χ3v) is 5.06. The van der Waals surface area contributed by atoms with Gasteiger partial charge in [0.1, 0.15) is 5.82 Å². The summed E-state index contributed by atoms with van der Waals surface area (Å²) in [5.41, 5.74) is -0.165. The highest BCUT2D eigenvalue weighted by Crippen LogP contribution is 2.22. The van der Waals surface area contributed by atoms with Crippen molar-refractivity contribution in [1.29, 1.82) is 0 Å². The maximum atomic E-state index is 13.6. The maximum absolute atomic E-state index is 13.6. The molecule has 4 nitrogen and oxygen atoms in total. The van der Waals surface area contributed by atoms with Crippen LogP contribution in [0.25, 0.3) is 0 Å². The minimum absolute atomic E-state index is 0.0531. The van der Waals surface area contributed by atoms with Crippen LogP contribution in [0.2, 0.25) is 0 Å². The van der Waals surface area contributed by atoms with E-state index in [-0.39, 0.29) is 22.9 Å². The summed E-state index contributed by atoms with van der Waals surface area (Å²) in [6, 6.07) is 3.29. The molecule has 2 rings (SSSR count). The van der Waals surface area contributed by atoms with Gasteiger partial charge in [0.15, 0.2) is 5.78 Å². The number of carbonyl (C=O) groups excluding carboxylic acids is 1. The summed E-state index contributed by atoms with van der Waals surface area (Å²) in [7, 11) is -3.69. The zero-order valence-corrected chi connectivity index (χ0v) is 12.2. The van der Waals surface area contributed by atoms with Crippen molar-refractivity contribution < 1.29 is 17.6 Å². The first kappa shape index (κ1) is 15.1. The fraction of sp³-hybridized carbons (Fsp3) is 0.500. The Morgan fingerprint density at radius 2 is 2.00 bits per heavy atom. The summed E-state index contributed by atoms with van der Waals surface area (Å²) in [5.74, 6) is -1.09. The molecule has 110 valence electrons. The van der Waals surface area contributed by atoms with Crippen LogP contribution in [0.3, 0.4) is 0 Å². The molecular formula is C14H18FNO3S. The summed E-state index contributed by atoms with van der Waals surface area (Å²) in [6.45, 7) is 1.61. The summed E-state index contributed by atoms with van der Waals surface area (Å²) in [4.78, 5) is 11.5. The second kappa shape index (κ2) is 6.01. The second-order valence-corrected chi connectivity index (χ2v) is 6.74. The molecule has 0 aromatic heterocycles. The summed E-state index contributed by atoms with van der Waals surface area (Å²) in [5, 5.41) is 0. The van der Waals surface area contributed by atoms with Crippen LogP contribution < -0.4 is 4.72 Å². The average Bonchev–Trinajstić information content (AvgIpc) is 2.90. The Kier molecular flexibility index (Phi) is 4.55. The molecule has 1 N–H and O–H groups in total. The van der Waals surface area contributed by atoms with E-state index in [1.165, 1.54) is 6.07 Å². The molecule has 0 unspecified atom stereocenters. The van der Waals surface area contributed by atoms with Gasteiger partial charge < -0.3 is 0 Å². The van der Waals surface area contributed by atoms with Gasteiger partial charge in [-0.3, -0.25) is 4.79 Å². The van der Waals surface area contributed by atoms with E-state index in [9.17, 15) is 17.6 Å². The predicted octanol–water partition coefficient (Wildman–Crippen LogP) is 2.64. The average molecular weight is 299 g/mol. The van der Waals surface area contributed by atoms with Gasteiger partial charge in [0.05, 0.1) is 10.5 Å². The van der Waals surface area contributed by atoms with Gasteiger partial charge in [0, 0.05) is 12.5 Å². The van der Waals surface area contributed by atoms with Crippen LogP contribution in [0.5, 0.6) is 0 Å². The first-order chi connectivity index (χ1) is 9.44. The smallest absolute Gasteiger partial charge is 0.240 e. The van der Waals surface area contributed by atoms with E-state index in [0.29, 0.717) is 0 Å². The zero-order chi connectivity index (χ0) is 14.8. The molecular weight excluding hydrogens is 281 g/mol. The Balaban J connectivity index is 2.29. The summed E-state index contributed by atoms with van der Waals surface area (Å²) < 4.78 is 40.6. The number of rotatable bonds is 5. The highest BCUT2D eigenvalue weighted by atomic mass is 32.2. The van der Waals surface area contributed by atoms with E-state index in [1.807, 2.05) is 0 Å². The monoisotopic (exact) mass is 299 g/mol. The van der Waals surface area contributed by atoms with Crippen LogP contribution in [-0.2, 0) is 10.0 Å². The third-order valence-electron chi connectivity index (χ3n) is 3.55. The molecule has 1 saturated carbocycles. The lowest BCUT2D eigenvalue weighted by molar-refractivity contribution is 0.0984. The van der Waals surface area contributed by atoms with Crippen molar-refractivity contribution in [3.63, 3.8) is 0 Å². The van der Waals surface area contributed by atoms with Crippen LogP contribution in [0, 0.1) is 5.82 Å². The van der Waals surface area contributed by atoms with Gasteiger partial charge in [-0.1, -0.05) is 19.8 Å². The molecule has 0 radical (unpaired) electrons. The molecule has 1 fully saturated rings.